The molecule has 0 saturated heterocycles. The van der Waals surface area contributed by atoms with Gasteiger partial charge in [-0.1, -0.05) is 33.1 Å². The zero-order valence-corrected chi connectivity index (χ0v) is 14.1. The van der Waals surface area contributed by atoms with Crippen molar-refractivity contribution >= 4 is 17.8 Å². The van der Waals surface area contributed by atoms with Crippen molar-refractivity contribution < 1.29 is 9.59 Å². The van der Waals surface area contributed by atoms with E-state index < -0.39 is 5.92 Å². The summed E-state index contributed by atoms with van der Waals surface area (Å²) in [4.78, 5) is 28.4. The van der Waals surface area contributed by atoms with E-state index in [1.807, 2.05) is 13.8 Å². The largest absolute Gasteiger partial charge is 0.314 e. The second-order valence-corrected chi connectivity index (χ2v) is 7.63. The van der Waals surface area contributed by atoms with Crippen LogP contribution in [0.4, 0.5) is 0 Å². The molecule has 0 aromatic rings. The van der Waals surface area contributed by atoms with E-state index in [1.165, 1.54) is 32.1 Å². The first kappa shape index (κ1) is 17.3. The molecule has 2 aliphatic rings. The number of carbonyl (C=O) groups excluding carboxylic acids is 2. The van der Waals surface area contributed by atoms with E-state index in [-0.39, 0.29) is 17.0 Å². The van der Waals surface area contributed by atoms with Gasteiger partial charge in [0.05, 0.1) is 0 Å². The number of Topliss-reactive ketones (excluding diaryl/α,β-unsaturated/α-hetero) is 2. The number of hydrogen-bond donors (Lipinski definition) is 1. The van der Waals surface area contributed by atoms with Crippen molar-refractivity contribution in [1.29, 1.82) is 0 Å². The van der Waals surface area contributed by atoms with Gasteiger partial charge in [-0.15, -0.1) is 0 Å². The van der Waals surface area contributed by atoms with Crippen molar-refractivity contribution in [2.45, 2.75) is 71.3 Å². The van der Waals surface area contributed by atoms with Crippen molar-refractivity contribution in [3.8, 4) is 0 Å². The number of rotatable bonds is 6. The summed E-state index contributed by atoms with van der Waals surface area (Å²) >= 11 is 0. The third kappa shape index (κ3) is 5.31. The number of nitrogens with one attached hydrogen (secondary N) is 1. The van der Waals surface area contributed by atoms with Crippen LogP contribution in [0.15, 0.2) is 4.99 Å². The molecule has 2 aliphatic carbocycles. The molecule has 0 unspecified atom stereocenters. The predicted octanol–water partition coefficient (Wildman–Crippen LogP) is 2.94. The fraction of sp³-hybridized carbons (Fsp3) is 0.833. The van der Waals surface area contributed by atoms with Gasteiger partial charge in [0, 0.05) is 31.6 Å². The van der Waals surface area contributed by atoms with Gasteiger partial charge < -0.3 is 5.32 Å². The van der Waals surface area contributed by atoms with Gasteiger partial charge in [0.1, 0.15) is 17.5 Å². The van der Waals surface area contributed by atoms with E-state index in [4.69, 9.17) is 0 Å². The van der Waals surface area contributed by atoms with Crippen molar-refractivity contribution in [1.82, 2.24) is 5.32 Å². The van der Waals surface area contributed by atoms with Gasteiger partial charge in [-0.05, 0) is 31.2 Å². The van der Waals surface area contributed by atoms with Crippen LogP contribution in [0.5, 0.6) is 0 Å². The molecule has 0 heterocycles. The van der Waals surface area contributed by atoms with E-state index in [9.17, 15) is 9.59 Å². The quantitative estimate of drug-likeness (QED) is 0.466. The maximum absolute atomic E-state index is 12.0. The van der Waals surface area contributed by atoms with Gasteiger partial charge in [-0.2, -0.15) is 0 Å². The Morgan fingerprint density at radius 1 is 1.14 bits per heavy atom. The molecule has 1 N–H and O–H groups in total. The van der Waals surface area contributed by atoms with Crippen LogP contribution in [0.3, 0.4) is 0 Å². The molecule has 0 aromatic carbocycles. The molecular weight excluding hydrogens is 276 g/mol. The molecule has 4 heteroatoms. The molecule has 2 fully saturated rings. The second kappa shape index (κ2) is 8.00. The van der Waals surface area contributed by atoms with Gasteiger partial charge in [0.15, 0.2) is 0 Å². The average molecular weight is 306 g/mol. The smallest absolute Gasteiger partial charge is 0.149 e. The fourth-order valence-corrected chi connectivity index (χ4v) is 3.53. The fourth-order valence-electron chi connectivity index (χ4n) is 3.53. The molecule has 0 aliphatic heterocycles. The first-order chi connectivity index (χ1) is 10.5. The molecule has 2 rings (SSSR count). The summed E-state index contributed by atoms with van der Waals surface area (Å²) in [5.41, 5.74) is -0.178. The predicted molar refractivity (Wildman–Crippen MR) is 89.4 cm³/mol. The molecule has 0 atom stereocenters. The summed E-state index contributed by atoms with van der Waals surface area (Å²) in [5, 5.41) is 3.58. The van der Waals surface area contributed by atoms with Crippen molar-refractivity contribution in [2.75, 3.05) is 13.1 Å². The SMILES string of the molecule is CC1(C)CC(=O)C(C=NCCCNC2CCCCC2)C(=O)C1. The average Bonchev–Trinajstić information content (AvgIpc) is 2.45. The Hall–Kier alpha value is -1.03. The van der Waals surface area contributed by atoms with E-state index in [1.54, 1.807) is 6.21 Å². The number of carbonyl (C=O) groups is 2. The first-order valence-electron chi connectivity index (χ1n) is 8.77. The van der Waals surface area contributed by atoms with Crippen molar-refractivity contribution in [2.24, 2.45) is 16.3 Å². The molecule has 0 aromatic heterocycles. The molecule has 0 amide bonds. The highest BCUT2D eigenvalue weighted by atomic mass is 16.2. The highest BCUT2D eigenvalue weighted by molar-refractivity contribution is 6.16. The highest BCUT2D eigenvalue weighted by Crippen LogP contribution is 2.33. The molecule has 124 valence electrons. The first-order valence-corrected chi connectivity index (χ1v) is 8.77. The lowest BCUT2D eigenvalue weighted by Crippen LogP contribution is -2.38. The van der Waals surface area contributed by atoms with Crippen LogP contribution in [-0.2, 0) is 9.59 Å². The number of ketones is 2. The Morgan fingerprint density at radius 2 is 1.77 bits per heavy atom. The Morgan fingerprint density at radius 3 is 2.41 bits per heavy atom. The van der Waals surface area contributed by atoms with Crippen LogP contribution >= 0.6 is 0 Å². The molecule has 4 nitrogen and oxygen atoms in total. The third-order valence-corrected chi connectivity index (χ3v) is 4.76. The zero-order chi connectivity index (χ0) is 16.0. The Labute approximate surface area is 134 Å². The Balaban J connectivity index is 1.64. The minimum absolute atomic E-state index is 0.0327. The molecule has 0 spiro atoms. The van der Waals surface area contributed by atoms with Gasteiger partial charge in [0.25, 0.3) is 0 Å². The standard InChI is InChI=1S/C18H30N2O2/c1-18(2)11-16(21)15(17(22)12-18)13-19-9-6-10-20-14-7-4-3-5-8-14/h13-15,20H,3-12H2,1-2H3. The summed E-state index contributed by atoms with van der Waals surface area (Å²) in [6.07, 6.45) is 10.2. The lowest BCUT2D eigenvalue weighted by Gasteiger charge is -2.30. The van der Waals surface area contributed by atoms with Gasteiger partial charge in [0.2, 0.25) is 0 Å². The summed E-state index contributed by atoms with van der Waals surface area (Å²) < 4.78 is 0. The van der Waals surface area contributed by atoms with Crippen molar-refractivity contribution in [3.05, 3.63) is 0 Å². The van der Waals surface area contributed by atoms with Crippen LogP contribution < -0.4 is 5.32 Å². The van der Waals surface area contributed by atoms with E-state index in [2.05, 4.69) is 10.3 Å². The third-order valence-electron chi connectivity index (χ3n) is 4.76. The minimum Gasteiger partial charge on any atom is -0.314 e. The molecule has 22 heavy (non-hydrogen) atoms. The summed E-state index contributed by atoms with van der Waals surface area (Å²) in [5.74, 6) is -0.519. The molecule has 0 bridgehead atoms. The van der Waals surface area contributed by atoms with Gasteiger partial charge in [-0.3, -0.25) is 14.6 Å². The van der Waals surface area contributed by atoms with E-state index >= 15 is 0 Å². The number of aliphatic imine (C=N–C) groups is 1. The molecule has 0 radical (unpaired) electrons. The minimum atomic E-state index is -0.584. The lowest BCUT2D eigenvalue weighted by molar-refractivity contribution is -0.136. The van der Waals surface area contributed by atoms with Crippen LogP contribution in [0.1, 0.15) is 65.2 Å². The number of nitrogens with zero attached hydrogens (tertiary/aromatic N) is 1. The van der Waals surface area contributed by atoms with Crippen molar-refractivity contribution in [3.63, 3.8) is 0 Å². The topological polar surface area (TPSA) is 58.5 Å². The lowest BCUT2D eigenvalue weighted by atomic mass is 9.72. The maximum atomic E-state index is 12.0. The Bertz CT molecular complexity index is 403. The van der Waals surface area contributed by atoms with Crippen LogP contribution in [0, 0.1) is 11.3 Å². The monoisotopic (exact) mass is 306 g/mol. The molecular formula is C18H30N2O2. The zero-order valence-electron chi connectivity index (χ0n) is 14.1. The maximum Gasteiger partial charge on any atom is 0.149 e. The van der Waals surface area contributed by atoms with Crippen LogP contribution in [0.2, 0.25) is 0 Å². The second-order valence-electron chi connectivity index (χ2n) is 7.63. The molecule has 2 saturated carbocycles. The van der Waals surface area contributed by atoms with Crippen LogP contribution in [-0.4, -0.2) is 36.9 Å². The summed E-state index contributed by atoms with van der Waals surface area (Å²) in [6.45, 7) is 5.63. The van der Waals surface area contributed by atoms with Gasteiger partial charge in [-0.25, -0.2) is 0 Å². The van der Waals surface area contributed by atoms with E-state index in [0.717, 1.165) is 13.0 Å². The number of hydrogen-bond acceptors (Lipinski definition) is 4. The van der Waals surface area contributed by atoms with Crippen LogP contribution in [0.25, 0.3) is 0 Å². The highest BCUT2D eigenvalue weighted by Gasteiger charge is 2.38. The Kier molecular flexibility index (Phi) is 6.30. The normalized spacial score (nSPS) is 24.3. The summed E-state index contributed by atoms with van der Waals surface area (Å²) in [7, 11) is 0. The van der Waals surface area contributed by atoms with E-state index in [0.29, 0.717) is 25.4 Å². The van der Waals surface area contributed by atoms with Gasteiger partial charge >= 0.3 is 0 Å². The summed E-state index contributed by atoms with van der Waals surface area (Å²) in [6, 6.07) is 0.682.